The first-order valence-corrected chi connectivity index (χ1v) is 10.9. The summed E-state index contributed by atoms with van der Waals surface area (Å²) in [6.07, 6.45) is 4.58. The molecule has 1 saturated heterocycles. The predicted molar refractivity (Wildman–Crippen MR) is 127 cm³/mol. The molecule has 0 aliphatic carbocycles. The molecule has 2 aromatic carbocycles. The summed E-state index contributed by atoms with van der Waals surface area (Å²) in [5.41, 5.74) is 1.90. The maximum Gasteiger partial charge on any atom is 0.248 e. The summed E-state index contributed by atoms with van der Waals surface area (Å²) in [5.74, 6) is 0.952. The van der Waals surface area contributed by atoms with Crippen LogP contribution in [0, 0.1) is 0 Å². The second-order valence-electron chi connectivity index (χ2n) is 7.08. The Hall–Kier alpha value is -1.79. The van der Waals surface area contributed by atoms with Gasteiger partial charge in [-0.2, -0.15) is 0 Å². The monoisotopic (exact) mass is 431 g/mol. The van der Waals surface area contributed by atoms with Crippen LogP contribution in [0.2, 0.25) is 0 Å². The molecule has 0 bridgehead atoms. The smallest absolute Gasteiger partial charge is 0.248 e. The van der Waals surface area contributed by atoms with Crippen LogP contribution < -0.4 is 5.32 Å². The zero-order valence-corrected chi connectivity index (χ0v) is 18.6. The van der Waals surface area contributed by atoms with E-state index in [9.17, 15) is 4.79 Å². The molecular weight excluding hydrogens is 402 g/mol. The lowest BCUT2D eigenvalue weighted by Gasteiger charge is -2.32. The average Bonchev–Trinajstić information content (AvgIpc) is 2.73. The van der Waals surface area contributed by atoms with Crippen molar-refractivity contribution in [3.63, 3.8) is 0 Å². The number of likely N-dealkylation sites (N-methyl/N-ethyl adjacent to an activating group) is 1. The minimum atomic E-state index is -0.102. The fourth-order valence-corrected chi connectivity index (χ4v) is 4.09. The summed E-state index contributed by atoms with van der Waals surface area (Å²) in [6, 6.07) is 17.9. The molecule has 0 aromatic heterocycles. The van der Waals surface area contributed by atoms with Crippen LogP contribution in [0.5, 0.6) is 0 Å². The zero-order chi connectivity index (χ0) is 19.6. The molecule has 1 fully saturated rings. The van der Waals surface area contributed by atoms with E-state index in [-0.39, 0.29) is 18.3 Å². The van der Waals surface area contributed by atoms with Crippen molar-refractivity contribution in [2.75, 3.05) is 50.8 Å². The summed E-state index contributed by atoms with van der Waals surface area (Å²) in [4.78, 5) is 18.3. The van der Waals surface area contributed by atoms with Gasteiger partial charge in [0.15, 0.2) is 0 Å². The molecule has 1 aliphatic rings. The van der Waals surface area contributed by atoms with Gasteiger partial charge < -0.3 is 15.1 Å². The van der Waals surface area contributed by atoms with E-state index in [4.69, 9.17) is 0 Å². The van der Waals surface area contributed by atoms with Crippen molar-refractivity contribution in [2.45, 2.75) is 11.3 Å². The van der Waals surface area contributed by atoms with Crippen LogP contribution in [0.1, 0.15) is 12.0 Å². The topological polar surface area (TPSA) is 35.6 Å². The summed E-state index contributed by atoms with van der Waals surface area (Å²) in [7, 11) is 2.19. The highest BCUT2D eigenvalue weighted by Crippen LogP contribution is 2.27. The molecule has 1 heterocycles. The fourth-order valence-electron chi connectivity index (χ4n) is 3.15. The van der Waals surface area contributed by atoms with Gasteiger partial charge in [-0.3, -0.25) is 4.79 Å². The SMILES string of the molecule is CN1CCN(CCCSc2ccccc2NC(=O)C=Cc2ccccc2)CC1.Cl. The van der Waals surface area contributed by atoms with Gasteiger partial charge in [-0.25, -0.2) is 0 Å². The third-order valence-electron chi connectivity index (χ3n) is 4.84. The molecule has 0 atom stereocenters. The summed E-state index contributed by atoms with van der Waals surface area (Å²) in [5, 5.41) is 3.01. The van der Waals surface area contributed by atoms with Crippen LogP contribution in [0.15, 0.2) is 65.6 Å². The van der Waals surface area contributed by atoms with Crippen molar-refractivity contribution in [3.8, 4) is 0 Å². The number of carbonyl (C=O) groups excluding carboxylic acids is 1. The maximum atomic E-state index is 12.3. The van der Waals surface area contributed by atoms with Crippen molar-refractivity contribution in [1.82, 2.24) is 9.80 Å². The standard InChI is InChI=1S/C23H29N3OS.ClH/c1-25-15-17-26(18-16-25)14-7-19-28-22-11-6-5-10-21(22)24-23(27)13-12-20-8-3-2-4-9-20;/h2-6,8-13H,7,14-19H2,1H3,(H,24,27);1H. The lowest BCUT2D eigenvalue weighted by molar-refractivity contribution is -0.111. The Labute approximate surface area is 184 Å². The number of benzene rings is 2. The van der Waals surface area contributed by atoms with Gasteiger partial charge in [-0.05, 0) is 49.5 Å². The number of amides is 1. The maximum absolute atomic E-state index is 12.3. The van der Waals surface area contributed by atoms with E-state index in [0.717, 1.165) is 34.9 Å². The van der Waals surface area contributed by atoms with Gasteiger partial charge in [0, 0.05) is 37.2 Å². The number of hydrogen-bond acceptors (Lipinski definition) is 4. The van der Waals surface area contributed by atoms with Crippen LogP contribution in [-0.2, 0) is 4.79 Å². The Kier molecular flexibility index (Phi) is 10.3. The molecule has 1 aliphatic heterocycles. The van der Waals surface area contributed by atoms with Crippen LogP contribution in [0.25, 0.3) is 6.08 Å². The number of carbonyl (C=O) groups is 1. The number of nitrogens with zero attached hydrogens (tertiary/aromatic N) is 2. The van der Waals surface area contributed by atoms with E-state index < -0.39 is 0 Å². The average molecular weight is 432 g/mol. The van der Waals surface area contributed by atoms with E-state index in [2.05, 4.69) is 28.2 Å². The molecular formula is C23H30ClN3OS. The highest BCUT2D eigenvalue weighted by atomic mass is 35.5. The third-order valence-corrected chi connectivity index (χ3v) is 6.00. The molecule has 4 nitrogen and oxygen atoms in total. The van der Waals surface area contributed by atoms with Gasteiger partial charge in [0.1, 0.15) is 0 Å². The van der Waals surface area contributed by atoms with E-state index in [1.807, 2.05) is 66.4 Å². The number of para-hydroxylation sites is 1. The van der Waals surface area contributed by atoms with Crippen LogP contribution in [0.4, 0.5) is 5.69 Å². The molecule has 0 spiro atoms. The van der Waals surface area contributed by atoms with Crippen molar-refractivity contribution in [2.24, 2.45) is 0 Å². The van der Waals surface area contributed by atoms with E-state index in [1.54, 1.807) is 6.08 Å². The Balaban J connectivity index is 0.00000300. The van der Waals surface area contributed by atoms with Gasteiger partial charge >= 0.3 is 0 Å². The van der Waals surface area contributed by atoms with Crippen molar-refractivity contribution >= 4 is 41.8 Å². The first-order valence-electron chi connectivity index (χ1n) is 9.87. The Morgan fingerprint density at radius 2 is 1.72 bits per heavy atom. The predicted octanol–water partition coefficient (Wildman–Crippen LogP) is 4.49. The Morgan fingerprint density at radius 1 is 1.03 bits per heavy atom. The van der Waals surface area contributed by atoms with E-state index in [1.165, 1.54) is 26.2 Å². The lowest BCUT2D eigenvalue weighted by Crippen LogP contribution is -2.44. The van der Waals surface area contributed by atoms with Gasteiger partial charge in [0.05, 0.1) is 5.69 Å². The molecule has 6 heteroatoms. The molecule has 0 saturated carbocycles. The molecule has 0 unspecified atom stereocenters. The zero-order valence-electron chi connectivity index (χ0n) is 16.9. The highest BCUT2D eigenvalue weighted by Gasteiger charge is 2.13. The normalized spacial score (nSPS) is 15.2. The number of nitrogens with one attached hydrogen (secondary N) is 1. The van der Waals surface area contributed by atoms with Crippen molar-refractivity contribution in [1.29, 1.82) is 0 Å². The number of hydrogen-bond donors (Lipinski definition) is 1. The number of piperazine rings is 1. The van der Waals surface area contributed by atoms with E-state index >= 15 is 0 Å². The van der Waals surface area contributed by atoms with Gasteiger partial charge in [0.25, 0.3) is 0 Å². The molecule has 3 rings (SSSR count). The summed E-state index contributed by atoms with van der Waals surface area (Å²) >= 11 is 1.82. The van der Waals surface area contributed by atoms with E-state index in [0.29, 0.717) is 0 Å². The molecule has 1 amide bonds. The van der Waals surface area contributed by atoms with Crippen LogP contribution >= 0.6 is 24.2 Å². The molecule has 156 valence electrons. The van der Waals surface area contributed by atoms with Crippen molar-refractivity contribution < 1.29 is 4.79 Å². The quantitative estimate of drug-likeness (QED) is 0.379. The van der Waals surface area contributed by atoms with Crippen LogP contribution in [0.3, 0.4) is 0 Å². The van der Waals surface area contributed by atoms with Gasteiger partial charge in [0.2, 0.25) is 5.91 Å². The van der Waals surface area contributed by atoms with Gasteiger partial charge in [-0.1, -0.05) is 42.5 Å². The largest absolute Gasteiger partial charge is 0.321 e. The first-order chi connectivity index (χ1) is 13.7. The van der Waals surface area contributed by atoms with Crippen molar-refractivity contribution in [3.05, 3.63) is 66.2 Å². The summed E-state index contributed by atoms with van der Waals surface area (Å²) in [6.45, 7) is 5.81. The molecule has 1 N–H and O–H groups in total. The Bertz CT molecular complexity index is 777. The first kappa shape index (κ1) is 23.5. The number of thioether (sulfide) groups is 1. The molecule has 2 aromatic rings. The number of halogens is 1. The molecule has 0 radical (unpaired) electrons. The van der Waals surface area contributed by atoms with Crippen LogP contribution in [-0.4, -0.2) is 61.2 Å². The summed E-state index contributed by atoms with van der Waals surface area (Å²) < 4.78 is 0. The highest BCUT2D eigenvalue weighted by molar-refractivity contribution is 7.99. The minimum absolute atomic E-state index is 0. The second-order valence-corrected chi connectivity index (χ2v) is 8.21. The minimum Gasteiger partial charge on any atom is -0.321 e. The third kappa shape index (κ3) is 8.23. The Morgan fingerprint density at radius 3 is 2.48 bits per heavy atom. The lowest BCUT2D eigenvalue weighted by atomic mass is 10.2. The number of rotatable bonds is 8. The fraction of sp³-hybridized carbons (Fsp3) is 0.348. The van der Waals surface area contributed by atoms with Gasteiger partial charge in [-0.15, -0.1) is 24.2 Å². The molecule has 29 heavy (non-hydrogen) atoms. The second kappa shape index (κ2) is 12.7. The number of anilines is 1.